The molecule has 7 heteroatoms. The number of amides is 1. The standard InChI is InChI=1S/C16H21N5OS/c1-11-7-8-14(12(2)9-11)21-16(18-19-20-21)23-10-15(22)17-13-5-3-4-6-13/h7-9,13H,3-6,10H2,1-2H3,(H,17,22). The van der Waals surface area contributed by atoms with Crippen LogP contribution in [0.2, 0.25) is 0 Å². The summed E-state index contributed by atoms with van der Waals surface area (Å²) in [5, 5.41) is 15.6. The molecule has 1 aliphatic rings. The smallest absolute Gasteiger partial charge is 0.230 e. The van der Waals surface area contributed by atoms with Gasteiger partial charge in [0.2, 0.25) is 11.1 Å². The summed E-state index contributed by atoms with van der Waals surface area (Å²) >= 11 is 1.37. The number of tetrazole rings is 1. The molecule has 6 nitrogen and oxygen atoms in total. The predicted molar refractivity (Wildman–Crippen MR) is 89.8 cm³/mol. The molecule has 0 spiro atoms. The van der Waals surface area contributed by atoms with Gasteiger partial charge in [-0.2, -0.15) is 4.68 Å². The van der Waals surface area contributed by atoms with E-state index in [0.717, 1.165) is 24.1 Å². The maximum atomic E-state index is 12.0. The van der Waals surface area contributed by atoms with Gasteiger partial charge in [-0.1, -0.05) is 42.3 Å². The second-order valence-corrected chi connectivity index (χ2v) is 6.94. The Morgan fingerprint density at radius 1 is 1.35 bits per heavy atom. The number of aryl methyl sites for hydroxylation is 2. The van der Waals surface area contributed by atoms with E-state index in [9.17, 15) is 4.79 Å². The molecule has 1 aromatic carbocycles. The van der Waals surface area contributed by atoms with Crippen LogP contribution in [0.5, 0.6) is 0 Å². The van der Waals surface area contributed by atoms with Crippen LogP contribution in [0.25, 0.3) is 5.69 Å². The zero-order valence-electron chi connectivity index (χ0n) is 13.5. The summed E-state index contributed by atoms with van der Waals surface area (Å²) < 4.78 is 1.70. The van der Waals surface area contributed by atoms with Gasteiger partial charge in [0, 0.05) is 6.04 Å². The van der Waals surface area contributed by atoms with Crippen molar-refractivity contribution in [1.29, 1.82) is 0 Å². The van der Waals surface area contributed by atoms with E-state index in [1.807, 2.05) is 19.1 Å². The van der Waals surface area contributed by atoms with Crippen molar-refractivity contribution in [2.45, 2.75) is 50.7 Å². The fraction of sp³-hybridized carbons (Fsp3) is 0.500. The molecule has 0 atom stereocenters. The monoisotopic (exact) mass is 331 g/mol. The highest BCUT2D eigenvalue weighted by molar-refractivity contribution is 7.99. The summed E-state index contributed by atoms with van der Waals surface area (Å²) in [7, 11) is 0. The fourth-order valence-electron chi connectivity index (χ4n) is 2.93. The lowest BCUT2D eigenvalue weighted by atomic mass is 10.1. The molecule has 0 radical (unpaired) electrons. The highest BCUT2D eigenvalue weighted by atomic mass is 32.2. The highest BCUT2D eigenvalue weighted by Crippen LogP contribution is 2.22. The Balaban J connectivity index is 1.65. The number of aromatic nitrogens is 4. The van der Waals surface area contributed by atoms with Gasteiger partial charge in [0.25, 0.3) is 0 Å². The molecule has 1 aliphatic carbocycles. The Morgan fingerprint density at radius 2 is 2.13 bits per heavy atom. The van der Waals surface area contributed by atoms with Crippen molar-refractivity contribution < 1.29 is 4.79 Å². The van der Waals surface area contributed by atoms with Crippen LogP contribution < -0.4 is 5.32 Å². The SMILES string of the molecule is Cc1ccc(-n2nnnc2SCC(=O)NC2CCCC2)c(C)c1. The third-order valence-electron chi connectivity index (χ3n) is 4.07. The molecule has 1 aromatic heterocycles. The van der Waals surface area contributed by atoms with E-state index in [-0.39, 0.29) is 5.91 Å². The molecule has 122 valence electrons. The van der Waals surface area contributed by atoms with E-state index in [1.54, 1.807) is 4.68 Å². The molecule has 3 rings (SSSR count). The van der Waals surface area contributed by atoms with Gasteiger partial charge in [-0.3, -0.25) is 4.79 Å². The van der Waals surface area contributed by atoms with Crippen molar-refractivity contribution in [3.8, 4) is 5.69 Å². The Kier molecular flexibility index (Phi) is 4.95. The van der Waals surface area contributed by atoms with Crippen molar-refractivity contribution in [2.24, 2.45) is 0 Å². The molecular formula is C16H21N5OS. The number of thioether (sulfide) groups is 1. The second kappa shape index (κ2) is 7.12. The van der Waals surface area contributed by atoms with Gasteiger partial charge in [0.1, 0.15) is 0 Å². The summed E-state index contributed by atoms with van der Waals surface area (Å²) in [6, 6.07) is 6.48. The summed E-state index contributed by atoms with van der Waals surface area (Å²) in [4.78, 5) is 12.0. The number of nitrogens with one attached hydrogen (secondary N) is 1. The molecule has 1 heterocycles. The second-order valence-electron chi connectivity index (χ2n) is 6.00. The maximum Gasteiger partial charge on any atom is 0.230 e. The van der Waals surface area contributed by atoms with Gasteiger partial charge in [-0.25, -0.2) is 0 Å². The third kappa shape index (κ3) is 3.90. The molecular weight excluding hydrogens is 310 g/mol. The lowest BCUT2D eigenvalue weighted by Crippen LogP contribution is -2.33. The van der Waals surface area contributed by atoms with Crippen LogP contribution in [-0.2, 0) is 4.79 Å². The van der Waals surface area contributed by atoms with E-state index in [0.29, 0.717) is 17.0 Å². The molecule has 0 saturated heterocycles. The first-order valence-electron chi connectivity index (χ1n) is 7.91. The number of hydrogen-bond donors (Lipinski definition) is 1. The van der Waals surface area contributed by atoms with Crippen molar-refractivity contribution in [3.05, 3.63) is 29.3 Å². The van der Waals surface area contributed by atoms with Crippen molar-refractivity contribution in [1.82, 2.24) is 25.5 Å². The van der Waals surface area contributed by atoms with Gasteiger partial charge in [0.05, 0.1) is 11.4 Å². The lowest BCUT2D eigenvalue weighted by molar-refractivity contribution is -0.119. The average Bonchev–Trinajstić information content (AvgIpc) is 3.16. The predicted octanol–water partition coefficient (Wildman–Crippen LogP) is 2.43. The molecule has 0 aliphatic heterocycles. The minimum absolute atomic E-state index is 0.0529. The Hall–Kier alpha value is -1.89. The van der Waals surface area contributed by atoms with E-state index in [1.165, 1.54) is 30.2 Å². The van der Waals surface area contributed by atoms with Crippen LogP contribution >= 0.6 is 11.8 Å². The van der Waals surface area contributed by atoms with E-state index >= 15 is 0 Å². The molecule has 1 amide bonds. The van der Waals surface area contributed by atoms with Gasteiger partial charge in [-0.05, 0) is 48.7 Å². The van der Waals surface area contributed by atoms with Crippen LogP contribution in [0.3, 0.4) is 0 Å². The van der Waals surface area contributed by atoms with Crippen LogP contribution in [0.1, 0.15) is 36.8 Å². The van der Waals surface area contributed by atoms with Crippen molar-refractivity contribution >= 4 is 17.7 Å². The molecule has 23 heavy (non-hydrogen) atoms. The van der Waals surface area contributed by atoms with Crippen LogP contribution in [0, 0.1) is 13.8 Å². The first-order valence-corrected chi connectivity index (χ1v) is 8.90. The normalized spacial score (nSPS) is 15.0. The summed E-state index contributed by atoms with van der Waals surface area (Å²) in [5.41, 5.74) is 3.25. The molecule has 1 saturated carbocycles. The number of rotatable bonds is 5. The third-order valence-corrected chi connectivity index (χ3v) is 4.99. The lowest BCUT2D eigenvalue weighted by Gasteiger charge is -2.11. The number of benzene rings is 1. The Labute approximate surface area is 140 Å². The first kappa shape index (κ1) is 16.0. The molecule has 1 N–H and O–H groups in total. The molecule has 0 bridgehead atoms. The first-order chi connectivity index (χ1) is 11.1. The zero-order chi connectivity index (χ0) is 16.2. The minimum atomic E-state index is 0.0529. The van der Waals surface area contributed by atoms with Gasteiger partial charge in [0.15, 0.2) is 0 Å². The van der Waals surface area contributed by atoms with Gasteiger partial charge >= 0.3 is 0 Å². The van der Waals surface area contributed by atoms with E-state index in [2.05, 4.69) is 33.8 Å². The fourth-order valence-corrected chi connectivity index (χ4v) is 3.63. The largest absolute Gasteiger partial charge is 0.353 e. The topological polar surface area (TPSA) is 72.7 Å². The number of carbonyl (C=O) groups is 1. The minimum Gasteiger partial charge on any atom is -0.353 e. The Morgan fingerprint density at radius 3 is 2.87 bits per heavy atom. The number of carbonyl (C=O) groups excluding carboxylic acids is 1. The summed E-state index contributed by atoms with van der Waals surface area (Å²) in [6.07, 6.45) is 4.61. The Bertz CT molecular complexity index is 694. The summed E-state index contributed by atoms with van der Waals surface area (Å²) in [5.74, 6) is 0.388. The van der Waals surface area contributed by atoms with Crippen molar-refractivity contribution in [3.63, 3.8) is 0 Å². The average molecular weight is 331 g/mol. The van der Waals surface area contributed by atoms with Crippen LogP contribution in [0.15, 0.2) is 23.4 Å². The summed E-state index contributed by atoms with van der Waals surface area (Å²) in [6.45, 7) is 4.09. The van der Waals surface area contributed by atoms with Crippen molar-refractivity contribution in [2.75, 3.05) is 5.75 Å². The van der Waals surface area contributed by atoms with E-state index in [4.69, 9.17) is 0 Å². The highest BCUT2D eigenvalue weighted by Gasteiger charge is 2.18. The maximum absolute atomic E-state index is 12.0. The van der Waals surface area contributed by atoms with Gasteiger partial charge < -0.3 is 5.32 Å². The quantitative estimate of drug-likeness (QED) is 0.852. The van der Waals surface area contributed by atoms with Crippen LogP contribution in [0.4, 0.5) is 0 Å². The number of nitrogens with zero attached hydrogens (tertiary/aromatic N) is 4. The molecule has 1 fully saturated rings. The zero-order valence-corrected chi connectivity index (χ0v) is 14.3. The number of hydrogen-bond acceptors (Lipinski definition) is 5. The van der Waals surface area contributed by atoms with Crippen LogP contribution in [-0.4, -0.2) is 37.9 Å². The van der Waals surface area contributed by atoms with Gasteiger partial charge in [-0.15, -0.1) is 5.10 Å². The molecule has 0 unspecified atom stereocenters. The van der Waals surface area contributed by atoms with E-state index < -0.39 is 0 Å². The molecule has 2 aromatic rings.